The quantitative estimate of drug-likeness (QED) is 0.780. The molecule has 0 radical (unpaired) electrons. The summed E-state index contributed by atoms with van der Waals surface area (Å²) in [6, 6.07) is 11.6. The molecule has 1 atom stereocenters. The molecule has 1 aliphatic carbocycles. The number of hydrogen-bond donors (Lipinski definition) is 1. The van der Waals surface area contributed by atoms with Gasteiger partial charge in [-0.05, 0) is 38.0 Å². The van der Waals surface area contributed by atoms with Crippen molar-refractivity contribution in [2.24, 2.45) is 0 Å². The number of benzene rings is 1. The minimum absolute atomic E-state index is 0.0252. The number of hydrogen-bond acceptors (Lipinski definition) is 3. The summed E-state index contributed by atoms with van der Waals surface area (Å²) < 4.78 is 5.50. The monoisotopic (exact) mass is 306 g/mol. The van der Waals surface area contributed by atoms with E-state index in [0.717, 1.165) is 47.2 Å². The van der Waals surface area contributed by atoms with Crippen molar-refractivity contribution in [1.82, 2.24) is 10.3 Å². The third-order valence-corrected chi connectivity index (χ3v) is 4.45. The van der Waals surface area contributed by atoms with E-state index >= 15 is 0 Å². The molecular weight excluding hydrogens is 288 g/mol. The van der Waals surface area contributed by atoms with E-state index in [0.29, 0.717) is 5.56 Å². The number of pyridine rings is 1. The Balaban J connectivity index is 1.69. The van der Waals surface area contributed by atoms with Crippen LogP contribution in [0.1, 0.15) is 46.3 Å². The Labute approximate surface area is 134 Å². The van der Waals surface area contributed by atoms with Gasteiger partial charge >= 0.3 is 0 Å². The second-order valence-electron chi connectivity index (χ2n) is 6.05. The Morgan fingerprint density at radius 2 is 2.17 bits per heavy atom. The highest BCUT2D eigenvalue weighted by Crippen LogP contribution is 2.31. The van der Waals surface area contributed by atoms with Gasteiger partial charge in [0.2, 0.25) is 0 Å². The van der Waals surface area contributed by atoms with Crippen molar-refractivity contribution in [3.63, 3.8) is 0 Å². The van der Waals surface area contributed by atoms with Crippen molar-refractivity contribution in [3.8, 4) is 0 Å². The Hall–Kier alpha value is -2.62. The van der Waals surface area contributed by atoms with E-state index in [2.05, 4.69) is 10.3 Å². The van der Waals surface area contributed by atoms with Gasteiger partial charge < -0.3 is 9.73 Å². The van der Waals surface area contributed by atoms with Crippen LogP contribution in [0.3, 0.4) is 0 Å². The van der Waals surface area contributed by atoms with Gasteiger partial charge in [-0.2, -0.15) is 0 Å². The van der Waals surface area contributed by atoms with Gasteiger partial charge in [0.15, 0.2) is 0 Å². The Kier molecular flexibility index (Phi) is 3.37. The lowest BCUT2D eigenvalue weighted by molar-refractivity contribution is 0.0934. The number of carbonyl (C=O) groups excluding carboxylic acids is 1. The second kappa shape index (κ2) is 5.54. The van der Waals surface area contributed by atoms with Crippen LogP contribution in [0.25, 0.3) is 10.9 Å². The maximum absolute atomic E-state index is 12.8. The van der Waals surface area contributed by atoms with Gasteiger partial charge in [0.05, 0.1) is 23.4 Å². The number of aryl methyl sites for hydroxylation is 2. The summed E-state index contributed by atoms with van der Waals surface area (Å²) >= 11 is 0. The highest BCUT2D eigenvalue weighted by atomic mass is 16.3. The maximum atomic E-state index is 12.8. The number of nitrogens with zero attached hydrogens (tertiary/aromatic N) is 1. The standard InChI is InChI=1S/C19H18N2O2/c1-12-11-15(13-5-2-3-6-16(13)20-12)19(22)21-17-7-4-8-18-14(17)9-10-23-18/h2-3,5-6,9-11,17H,4,7-8H2,1H3,(H,21,22). The molecule has 2 heterocycles. The number of nitrogens with one attached hydrogen (secondary N) is 1. The van der Waals surface area contributed by atoms with Gasteiger partial charge in [-0.1, -0.05) is 18.2 Å². The van der Waals surface area contributed by atoms with E-state index in [4.69, 9.17) is 4.42 Å². The molecular formula is C19H18N2O2. The normalized spacial score (nSPS) is 17.0. The molecule has 0 fully saturated rings. The van der Waals surface area contributed by atoms with Gasteiger partial charge in [-0.25, -0.2) is 0 Å². The van der Waals surface area contributed by atoms with Crippen LogP contribution < -0.4 is 5.32 Å². The molecule has 1 aromatic carbocycles. The first kappa shape index (κ1) is 14.0. The van der Waals surface area contributed by atoms with Gasteiger partial charge in [0.1, 0.15) is 5.76 Å². The largest absolute Gasteiger partial charge is 0.469 e. The van der Waals surface area contributed by atoms with Crippen LogP contribution >= 0.6 is 0 Å². The first-order valence-corrected chi connectivity index (χ1v) is 7.96. The number of furan rings is 1. The van der Waals surface area contributed by atoms with Gasteiger partial charge in [0, 0.05) is 23.1 Å². The molecule has 0 aliphatic heterocycles. The summed E-state index contributed by atoms with van der Waals surface area (Å²) in [5.74, 6) is 0.947. The van der Waals surface area contributed by atoms with Gasteiger partial charge in [-0.3, -0.25) is 9.78 Å². The third kappa shape index (κ3) is 2.50. The zero-order valence-electron chi connectivity index (χ0n) is 13.0. The number of fused-ring (bicyclic) bond motifs is 2. The van der Waals surface area contributed by atoms with E-state index in [1.807, 2.05) is 43.3 Å². The summed E-state index contributed by atoms with van der Waals surface area (Å²) in [7, 11) is 0. The van der Waals surface area contributed by atoms with Gasteiger partial charge in [0.25, 0.3) is 5.91 Å². The maximum Gasteiger partial charge on any atom is 0.252 e. The summed E-state index contributed by atoms with van der Waals surface area (Å²) in [4.78, 5) is 17.3. The average Bonchev–Trinajstić information content (AvgIpc) is 3.03. The molecule has 4 heteroatoms. The van der Waals surface area contributed by atoms with Crippen LogP contribution in [0.15, 0.2) is 47.1 Å². The average molecular weight is 306 g/mol. The topological polar surface area (TPSA) is 55.1 Å². The number of aromatic nitrogens is 1. The molecule has 1 N–H and O–H groups in total. The van der Waals surface area contributed by atoms with Gasteiger partial charge in [-0.15, -0.1) is 0 Å². The van der Waals surface area contributed by atoms with Crippen molar-refractivity contribution >= 4 is 16.8 Å². The Bertz CT molecular complexity index is 882. The molecule has 0 saturated heterocycles. The predicted molar refractivity (Wildman–Crippen MR) is 88.3 cm³/mol. The number of amides is 1. The molecule has 0 saturated carbocycles. The molecule has 2 aromatic heterocycles. The first-order chi connectivity index (χ1) is 11.2. The van der Waals surface area contributed by atoms with Crippen molar-refractivity contribution in [3.05, 3.63) is 65.2 Å². The number of carbonyl (C=O) groups is 1. The van der Waals surface area contributed by atoms with Crippen molar-refractivity contribution in [2.75, 3.05) is 0 Å². The molecule has 0 spiro atoms. The zero-order valence-corrected chi connectivity index (χ0v) is 13.0. The molecule has 0 bridgehead atoms. The van der Waals surface area contributed by atoms with Crippen LogP contribution in [-0.4, -0.2) is 10.9 Å². The lowest BCUT2D eigenvalue weighted by Gasteiger charge is -2.23. The molecule has 116 valence electrons. The fraction of sp³-hybridized carbons (Fsp3) is 0.263. The summed E-state index contributed by atoms with van der Waals surface area (Å²) in [6.45, 7) is 1.91. The van der Waals surface area contributed by atoms with E-state index in [-0.39, 0.29) is 11.9 Å². The van der Waals surface area contributed by atoms with Crippen molar-refractivity contribution in [2.45, 2.75) is 32.2 Å². The van der Waals surface area contributed by atoms with E-state index in [1.54, 1.807) is 6.26 Å². The Morgan fingerprint density at radius 1 is 1.30 bits per heavy atom. The second-order valence-corrected chi connectivity index (χ2v) is 6.05. The van der Waals surface area contributed by atoms with Crippen LogP contribution in [0.5, 0.6) is 0 Å². The number of para-hydroxylation sites is 1. The minimum Gasteiger partial charge on any atom is -0.469 e. The molecule has 1 aliphatic rings. The van der Waals surface area contributed by atoms with E-state index in [1.165, 1.54) is 0 Å². The lowest BCUT2D eigenvalue weighted by Crippen LogP contribution is -2.30. The Morgan fingerprint density at radius 3 is 3.09 bits per heavy atom. The molecule has 23 heavy (non-hydrogen) atoms. The third-order valence-electron chi connectivity index (χ3n) is 4.45. The zero-order chi connectivity index (χ0) is 15.8. The van der Waals surface area contributed by atoms with E-state index < -0.39 is 0 Å². The fourth-order valence-electron chi connectivity index (χ4n) is 3.37. The van der Waals surface area contributed by atoms with Crippen molar-refractivity contribution < 1.29 is 9.21 Å². The molecule has 4 rings (SSSR count). The van der Waals surface area contributed by atoms with E-state index in [9.17, 15) is 4.79 Å². The van der Waals surface area contributed by atoms with Crippen LogP contribution in [-0.2, 0) is 6.42 Å². The molecule has 4 nitrogen and oxygen atoms in total. The number of rotatable bonds is 2. The molecule has 1 unspecified atom stereocenters. The SMILES string of the molecule is Cc1cc(C(=O)NC2CCCc3occc32)c2ccccc2n1. The predicted octanol–water partition coefficient (Wildman–Crippen LogP) is 3.94. The summed E-state index contributed by atoms with van der Waals surface area (Å²) in [6.07, 6.45) is 4.63. The lowest BCUT2D eigenvalue weighted by atomic mass is 9.93. The minimum atomic E-state index is -0.0502. The van der Waals surface area contributed by atoms with Crippen LogP contribution in [0.4, 0.5) is 0 Å². The summed E-state index contributed by atoms with van der Waals surface area (Å²) in [5, 5.41) is 4.06. The molecule has 1 amide bonds. The highest BCUT2D eigenvalue weighted by molar-refractivity contribution is 6.06. The van der Waals surface area contributed by atoms with Crippen LogP contribution in [0.2, 0.25) is 0 Å². The van der Waals surface area contributed by atoms with Crippen LogP contribution in [0, 0.1) is 6.92 Å². The van der Waals surface area contributed by atoms with Crippen molar-refractivity contribution in [1.29, 1.82) is 0 Å². The first-order valence-electron chi connectivity index (χ1n) is 7.96. The smallest absolute Gasteiger partial charge is 0.252 e. The molecule has 3 aromatic rings. The fourth-order valence-corrected chi connectivity index (χ4v) is 3.37. The highest BCUT2D eigenvalue weighted by Gasteiger charge is 2.25. The summed E-state index contributed by atoms with van der Waals surface area (Å²) in [5.41, 5.74) is 3.50.